The summed E-state index contributed by atoms with van der Waals surface area (Å²) in [5, 5.41) is 2.95. The van der Waals surface area contributed by atoms with E-state index in [1.54, 1.807) is 13.2 Å². The molecule has 1 amide bonds. The Kier molecular flexibility index (Phi) is 6.79. The summed E-state index contributed by atoms with van der Waals surface area (Å²) < 4.78 is 5.16. The lowest BCUT2D eigenvalue weighted by molar-refractivity contribution is 0.0949. The molecule has 2 aromatic carbocycles. The van der Waals surface area contributed by atoms with Crippen molar-refractivity contribution in [2.24, 2.45) is 0 Å². The molecule has 6 heteroatoms. The number of nitrogens with zero attached hydrogens (tertiary/aromatic N) is 3. The third kappa shape index (κ3) is 5.31. The monoisotopic (exact) mass is 390 g/mol. The molecule has 0 saturated carbocycles. The summed E-state index contributed by atoms with van der Waals surface area (Å²) in [4.78, 5) is 23.7. The van der Waals surface area contributed by atoms with Crippen molar-refractivity contribution in [1.29, 1.82) is 0 Å². The summed E-state index contributed by atoms with van der Waals surface area (Å²) in [6.45, 7) is 5.14. The average molecular weight is 390 g/mol. The van der Waals surface area contributed by atoms with Gasteiger partial charge in [0.15, 0.2) is 0 Å². The first kappa shape index (κ1) is 20.3. The van der Waals surface area contributed by atoms with Crippen LogP contribution < -0.4 is 15.0 Å². The van der Waals surface area contributed by atoms with Crippen LogP contribution in [0.5, 0.6) is 5.75 Å². The van der Waals surface area contributed by atoms with Crippen molar-refractivity contribution in [3.63, 3.8) is 0 Å². The number of hydrogen-bond donors (Lipinski definition) is 1. The maximum Gasteiger partial charge on any atom is 0.270 e. The highest BCUT2D eigenvalue weighted by Crippen LogP contribution is 2.22. The van der Waals surface area contributed by atoms with Gasteiger partial charge in [0.2, 0.25) is 5.95 Å². The predicted molar refractivity (Wildman–Crippen MR) is 115 cm³/mol. The van der Waals surface area contributed by atoms with Crippen LogP contribution in [0.3, 0.4) is 0 Å². The molecule has 6 nitrogen and oxygen atoms in total. The van der Waals surface area contributed by atoms with E-state index in [0.717, 1.165) is 29.1 Å². The summed E-state index contributed by atoms with van der Waals surface area (Å²) >= 11 is 0. The molecule has 0 fully saturated rings. The van der Waals surface area contributed by atoms with E-state index < -0.39 is 0 Å². The molecule has 1 heterocycles. The fourth-order valence-electron chi connectivity index (χ4n) is 3.04. The van der Waals surface area contributed by atoms with Crippen LogP contribution in [-0.2, 0) is 6.42 Å². The van der Waals surface area contributed by atoms with Crippen molar-refractivity contribution in [3.8, 4) is 5.75 Å². The van der Waals surface area contributed by atoms with Gasteiger partial charge in [0.05, 0.1) is 7.11 Å². The van der Waals surface area contributed by atoms with Crippen molar-refractivity contribution in [2.75, 3.05) is 25.1 Å². The first-order valence-corrected chi connectivity index (χ1v) is 9.70. The largest absolute Gasteiger partial charge is 0.497 e. The van der Waals surface area contributed by atoms with Crippen molar-refractivity contribution < 1.29 is 9.53 Å². The summed E-state index contributed by atoms with van der Waals surface area (Å²) in [7, 11) is 1.64. The Morgan fingerprint density at radius 3 is 2.45 bits per heavy atom. The van der Waals surface area contributed by atoms with Gasteiger partial charge in [-0.05, 0) is 56.2 Å². The number of rotatable bonds is 8. The van der Waals surface area contributed by atoms with E-state index in [2.05, 4.69) is 15.3 Å². The van der Waals surface area contributed by atoms with E-state index in [-0.39, 0.29) is 5.91 Å². The van der Waals surface area contributed by atoms with Crippen molar-refractivity contribution in [3.05, 3.63) is 77.6 Å². The van der Waals surface area contributed by atoms with Crippen LogP contribution in [0.15, 0.2) is 60.7 Å². The van der Waals surface area contributed by atoms with E-state index in [1.807, 2.05) is 73.3 Å². The molecule has 0 unspecified atom stereocenters. The van der Waals surface area contributed by atoms with Gasteiger partial charge in [0, 0.05) is 24.5 Å². The summed E-state index contributed by atoms with van der Waals surface area (Å²) in [5.41, 5.74) is 3.25. The molecule has 0 saturated heterocycles. The number of anilines is 2. The van der Waals surface area contributed by atoms with E-state index in [1.165, 1.54) is 0 Å². The van der Waals surface area contributed by atoms with Crippen molar-refractivity contribution in [1.82, 2.24) is 15.3 Å². The minimum atomic E-state index is -0.200. The number of methoxy groups -OCH3 is 1. The zero-order chi connectivity index (χ0) is 20.6. The number of amides is 1. The normalized spacial score (nSPS) is 10.4. The molecule has 1 aromatic heterocycles. The Balaban J connectivity index is 1.68. The van der Waals surface area contributed by atoms with E-state index in [0.29, 0.717) is 24.7 Å². The van der Waals surface area contributed by atoms with Crippen LogP contribution in [0.4, 0.5) is 11.6 Å². The minimum absolute atomic E-state index is 0.200. The number of carbonyl (C=O) groups excluding carboxylic acids is 1. The Hall–Kier alpha value is -3.41. The van der Waals surface area contributed by atoms with Crippen LogP contribution in [0, 0.1) is 6.92 Å². The number of para-hydroxylation sites is 1. The van der Waals surface area contributed by atoms with E-state index in [4.69, 9.17) is 4.74 Å². The second-order valence-electron chi connectivity index (χ2n) is 6.63. The SMILES string of the molecule is CCN(c1ccccc1)c1nc(C)cc(C(=O)NCCc2ccc(OC)cc2)n1. The minimum Gasteiger partial charge on any atom is -0.497 e. The van der Waals surface area contributed by atoms with Gasteiger partial charge in [-0.1, -0.05) is 30.3 Å². The van der Waals surface area contributed by atoms with Gasteiger partial charge >= 0.3 is 0 Å². The smallest absolute Gasteiger partial charge is 0.270 e. The first-order valence-electron chi connectivity index (χ1n) is 9.70. The zero-order valence-corrected chi connectivity index (χ0v) is 17.1. The molecular formula is C23H26N4O2. The number of ether oxygens (including phenoxy) is 1. The maximum absolute atomic E-state index is 12.6. The first-order chi connectivity index (χ1) is 14.1. The molecule has 3 rings (SSSR count). The molecule has 3 aromatic rings. The fourth-order valence-corrected chi connectivity index (χ4v) is 3.04. The molecule has 0 aliphatic heterocycles. The lowest BCUT2D eigenvalue weighted by atomic mass is 10.1. The lowest BCUT2D eigenvalue weighted by Gasteiger charge is -2.21. The Morgan fingerprint density at radius 1 is 1.07 bits per heavy atom. The highest BCUT2D eigenvalue weighted by atomic mass is 16.5. The molecule has 0 bridgehead atoms. The lowest BCUT2D eigenvalue weighted by Crippen LogP contribution is -2.28. The van der Waals surface area contributed by atoms with Gasteiger partial charge in [-0.25, -0.2) is 9.97 Å². The molecule has 1 N–H and O–H groups in total. The topological polar surface area (TPSA) is 67.4 Å². The molecule has 0 aliphatic carbocycles. The van der Waals surface area contributed by atoms with Gasteiger partial charge in [-0.3, -0.25) is 4.79 Å². The average Bonchev–Trinajstić information content (AvgIpc) is 2.75. The molecule has 0 spiro atoms. The number of carbonyl (C=O) groups is 1. The third-order valence-electron chi connectivity index (χ3n) is 4.56. The predicted octanol–water partition coefficient (Wildman–Crippen LogP) is 3.92. The second kappa shape index (κ2) is 9.68. The fraction of sp³-hybridized carbons (Fsp3) is 0.261. The molecule has 0 radical (unpaired) electrons. The van der Waals surface area contributed by atoms with Gasteiger partial charge < -0.3 is 15.0 Å². The third-order valence-corrected chi connectivity index (χ3v) is 4.56. The number of hydrogen-bond acceptors (Lipinski definition) is 5. The highest BCUT2D eigenvalue weighted by Gasteiger charge is 2.15. The van der Waals surface area contributed by atoms with Crippen LogP contribution in [-0.4, -0.2) is 36.1 Å². The molecule has 29 heavy (non-hydrogen) atoms. The van der Waals surface area contributed by atoms with Crippen LogP contribution in [0.1, 0.15) is 28.7 Å². The molecule has 0 aliphatic rings. The van der Waals surface area contributed by atoms with Gasteiger partial charge in [-0.15, -0.1) is 0 Å². The Morgan fingerprint density at radius 2 is 1.79 bits per heavy atom. The van der Waals surface area contributed by atoms with Crippen LogP contribution in [0.25, 0.3) is 0 Å². The Bertz CT molecular complexity index is 943. The van der Waals surface area contributed by atoms with Gasteiger partial charge in [0.1, 0.15) is 11.4 Å². The quantitative estimate of drug-likeness (QED) is 0.631. The van der Waals surface area contributed by atoms with Gasteiger partial charge in [0.25, 0.3) is 5.91 Å². The second-order valence-corrected chi connectivity index (χ2v) is 6.63. The standard InChI is InChI=1S/C23H26N4O2/c1-4-27(19-8-6-5-7-9-19)23-25-17(2)16-21(26-23)22(28)24-15-14-18-10-12-20(29-3)13-11-18/h5-13,16H,4,14-15H2,1-3H3,(H,24,28). The number of nitrogens with one attached hydrogen (secondary N) is 1. The molecular weight excluding hydrogens is 364 g/mol. The molecule has 150 valence electrons. The van der Waals surface area contributed by atoms with Gasteiger partial charge in [-0.2, -0.15) is 0 Å². The number of benzene rings is 2. The summed E-state index contributed by atoms with van der Waals surface area (Å²) in [5.74, 6) is 1.15. The van der Waals surface area contributed by atoms with Crippen molar-refractivity contribution in [2.45, 2.75) is 20.3 Å². The van der Waals surface area contributed by atoms with Crippen molar-refractivity contribution >= 4 is 17.5 Å². The van der Waals surface area contributed by atoms with E-state index >= 15 is 0 Å². The Labute approximate surface area is 171 Å². The number of aryl methyl sites for hydroxylation is 1. The van der Waals surface area contributed by atoms with Crippen LogP contribution >= 0.6 is 0 Å². The maximum atomic E-state index is 12.6. The van der Waals surface area contributed by atoms with Crippen LogP contribution in [0.2, 0.25) is 0 Å². The summed E-state index contributed by atoms with van der Waals surface area (Å²) in [6, 6.07) is 19.5. The summed E-state index contributed by atoms with van der Waals surface area (Å²) in [6.07, 6.45) is 0.734. The van der Waals surface area contributed by atoms with E-state index in [9.17, 15) is 4.79 Å². The number of aromatic nitrogens is 2. The zero-order valence-electron chi connectivity index (χ0n) is 17.1. The highest BCUT2D eigenvalue weighted by molar-refractivity contribution is 5.92. The molecule has 0 atom stereocenters.